The molecule has 0 spiro atoms. The fraction of sp³-hybridized carbons (Fsp3) is 0.421. The van der Waals surface area contributed by atoms with Gasteiger partial charge in [-0.3, -0.25) is 9.59 Å². The summed E-state index contributed by atoms with van der Waals surface area (Å²) in [5, 5.41) is 10.2. The molecular weight excluding hydrogens is 316 g/mol. The quantitative estimate of drug-likeness (QED) is 0.876. The Balaban J connectivity index is 1.84. The molecule has 1 saturated heterocycles. The van der Waals surface area contributed by atoms with Crippen molar-refractivity contribution in [2.24, 2.45) is 5.41 Å². The first-order chi connectivity index (χ1) is 12.0. The van der Waals surface area contributed by atoms with Crippen molar-refractivity contribution < 1.29 is 9.59 Å². The van der Waals surface area contributed by atoms with Gasteiger partial charge in [-0.25, -0.2) is 4.68 Å². The summed E-state index contributed by atoms with van der Waals surface area (Å²) in [7, 11) is 0. The number of carbonyl (C=O) groups is 2. The Kier molecular flexibility index (Phi) is 4.61. The molecule has 3 rings (SSSR count). The molecule has 1 aromatic carbocycles. The van der Waals surface area contributed by atoms with Crippen LogP contribution in [0.2, 0.25) is 0 Å². The number of nitrogens with zero attached hydrogens (tertiary/aromatic N) is 2. The van der Waals surface area contributed by atoms with Crippen LogP contribution < -0.4 is 10.6 Å². The van der Waals surface area contributed by atoms with Gasteiger partial charge in [-0.2, -0.15) is 5.10 Å². The van der Waals surface area contributed by atoms with Crippen molar-refractivity contribution >= 4 is 11.8 Å². The van der Waals surface area contributed by atoms with Crippen molar-refractivity contribution in [3.05, 3.63) is 47.8 Å². The number of rotatable bonds is 5. The summed E-state index contributed by atoms with van der Waals surface area (Å²) in [6.45, 7) is 6.61. The zero-order chi connectivity index (χ0) is 18.0. The van der Waals surface area contributed by atoms with E-state index >= 15 is 0 Å². The van der Waals surface area contributed by atoms with Gasteiger partial charge >= 0.3 is 0 Å². The van der Waals surface area contributed by atoms with E-state index in [4.69, 9.17) is 0 Å². The number of carbonyl (C=O) groups excluding carboxylic acids is 2. The molecule has 2 aromatic rings. The highest BCUT2D eigenvalue weighted by atomic mass is 16.2. The van der Waals surface area contributed by atoms with E-state index in [0.29, 0.717) is 12.2 Å². The first kappa shape index (κ1) is 17.2. The van der Waals surface area contributed by atoms with Crippen LogP contribution >= 0.6 is 0 Å². The van der Waals surface area contributed by atoms with Crippen LogP contribution in [0.5, 0.6) is 0 Å². The highest BCUT2D eigenvalue weighted by Crippen LogP contribution is 2.34. The van der Waals surface area contributed by atoms with Gasteiger partial charge in [0, 0.05) is 17.7 Å². The molecule has 6 nitrogen and oxygen atoms in total. The summed E-state index contributed by atoms with van der Waals surface area (Å²) in [6.07, 6.45) is 1.65. The third-order valence-electron chi connectivity index (χ3n) is 5.29. The van der Waals surface area contributed by atoms with E-state index in [0.717, 1.165) is 24.2 Å². The average Bonchev–Trinajstić information content (AvgIpc) is 3.17. The molecule has 132 valence electrons. The van der Waals surface area contributed by atoms with Gasteiger partial charge in [0.25, 0.3) is 5.91 Å². The van der Waals surface area contributed by atoms with Crippen LogP contribution in [0.4, 0.5) is 0 Å². The second-order valence-electron chi connectivity index (χ2n) is 6.61. The fourth-order valence-electron chi connectivity index (χ4n) is 3.49. The van der Waals surface area contributed by atoms with Crippen LogP contribution in [0.3, 0.4) is 0 Å². The molecule has 6 heteroatoms. The van der Waals surface area contributed by atoms with Crippen molar-refractivity contribution in [3.8, 4) is 5.69 Å². The second-order valence-corrected chi connectivity index (χ2v) is 6.61. The molecule has 0 bridgehead atoms. The predicted molar refractivity (Wildman–Crippen MR) is 95.6 cm³/mol. The van der Waals surface area contributed by atoms with E-state index < -0.39 is 6.04 Å². The van der Waals surface area contributed by atoms with Gasteiger partial charge in [0.05, 0.1) is 5.69 Å². The molecule has 1 fully saturated rings. The first-order valence-electron chi connectivity index (χ1n) is 8.71. The largest absolute Gasteiger partial charge is 0.354 e. The van der Waals surface area contributed by atoms with Crippen molar-refractivity contribution in [3.63, 3.8) is 0 Å². The van der Waals surface area contributed by atoms with E-state index in [1.165, 1.54) is 0 Å². The van der Waals surface area contributed by atoms with Gasteiger partial charge in [0.15, 0.2) is 5.69 Å². The molecule has 2 N–H and O–H groups in total. The van der Waals surface area contributed by atoms with Gasteiger partial charge in [0.1, 0.15) is 6.04 Å². The van der Waals surface area contributed by atoms with Gasteiger partial charge in [0.2, 0.25) is 5.91 Å². The summed E-state index contributed by atoms with van der Waals surface area (Å²) in [4.78, 5) is 24.9. The van der Waals surface area contributed by atoms with E-state index in [9.17, 15) is 9.59 Å². The zero-order valence-electron chi connectivity index (χ0n) is 14.9. The summed E-state index contributed by atoms with van der Waals surface area (Å²) < 4.78 is 1.73. The van der Waals surface area contributed by atoms with Gasteiger partial charge in [-0.05, 0) is 38.0 Å². The molecule has 1 aliphatic rings. The van der Waals surface area contributed by atoms with Crippen LogP contribution in [0.1, 0.15) is 42.9 Å². The van der Waals surface area contributed by atoms with E-state index in [1.807, 2.05) is 37.3 Å². The maximum absolute atomic E-state index is 12.7. The Bertz CT molecular complexity index is 778. The molecule has 1 aromatic heterocycles. The minimum Gasteiger partial charge on any atom is -0.354 e. The number of amides is 2. The minimum absolute atomic E-state index is 0.115. The normalized spacial score (nSPS) is 18.8. The Morgan fingerprint density at radius 3 is 2.64 bits per heavy atom. The number of para-hydroxylation sites is 1. The Hall–Kier alpha value is -2.63. The second kappa shape index (κ2) is 6.70. The lowest BCUT2D eigenvalue weighted by Gasteiger charge is -2.31. The first-order valence-corrected chi connectivity index (χ1v) is 8.71. The number of benzene rings is 1. The summed E-state index contributed by atoms with van der Waals surface area (Å²) in [6, 6.07) is 10.9. The summed E-state index contributed by atoms with van der Waals surface area (Å²) in [5.74, 6) is -0.428. The third kappa shape index (κ3) is 3.04. The highest BCUT2D eigenvalue weighted by molar-refractivity contribution is 5.97. The van der Waals surface area contributed by atoms with Crippen molar-refractivity contribution in [1.82, 2.24) is 20.4 Å². The summed E-state index contributed by atoms with van der Waals surface area (Å²) in [5.41, 5.74) is 1.85. The van der Waals surface area contributed by atoms with Crippen LogP contribution in [0.15, 0.2) is 36.4 Å². The van der Waals surface area contributed by atoms with Crippen LogP contribution in [0.25, 0.3) is 5.69 Å². The molecule has 0 aliphatic carbocycles. The van der Waals surface area contributed by atoms with Gasteiger partial charge in [-0.1, -0.05) is 32.0 Å². The number of aryl methyl sites for hydroxylation is 1. The maximum atomic E-state index is 12.7. The molecule has 25 heavy (non-hydrogen) atoms. The predicted octanol–water partition coefficient (Wildman–Crippen LogP) is 2.22. The van der Waals surface area contributed by atoms with E-state index in [-0.39, 0.29) is 17.2 Å². The molecule has 1 aliphatic heterocycles. The molecule has 0 radical (unpaired) electrons. The molecule has 2 heterocycles. The number of aromatic nitrogens is 2. The highest BCUT2D eigenvalue weighted by Gasteiger charge is 2.46. The Morgan fingerprint density at radius 2 is 2.00 bits per heavy atom. The SMILES string of the molecule is CCC1(CC)CNC(=O)C1NC(=O)c1cc(C)n(-c2ccccc2)n1. The van der Waals surface area contributed by atoms with Crippen LogP contribution in [-0.4, -0.2) is 34.2 Å². The third-order valence-corrected chi connectivity index (χ3v) is 5.29. The number of hydrogen-bond acceptors (Lipinski definition) is 3. The molecule has 1 atom stereocenters. The van der Waals surface area contributed by atoms with E-state index in [2.05, 4.69) is 29.6 Å². The number of hydrogen-bond donors (Lipinski definition) is 2. The Morgan fingerprint density at radius 1 is 1.32 bits per heavy atom. The zero-order valence-corrected chi connectivity index (χ0v) is 14.9. The van der Waals surface area contributed by atoms with Gasteiger partial charge in [-0.15, -0.1) is 0 Å². The monoisotopic (exact) mass is 340 g/mol. The topological polar surface area (TPSA) is 76.0 Å². The standard InChI is InChI=1S/C19H24N4O2/c1-4-19(5-2)12-20-18(25)16(19)21-17(24)15-11-13(3)23(22-15)14-9-7-6-8-10-14/h6-11,16H,4-5,12H2,1-3H3,(H,20,25)(H,21,24). The van der Waals surface area contributed by atoms with Gasteiger partial charge < -0.3 is 10.6 Å². The molecular formula is C19H24N4O2. The number of nitrogens with one attached hydrogen (secondary N) is 2. The van der Waals surface area contributed by atoms with Crippen LogP contribution in [0, 0.1) is 12.3 Å². The lowest BCUT2D eigenvalue weighted by Crippen LogP contribution is -2.49. The van der Waals surface area contributed by atoms with Crippen LogP contribution in [-0.2, 0) is 4.79 Å². The fourth-order valence-corrected chi connectivity index (χ4v) is 3.49. The van der Waals surface area contributed by atoms with Crippen molar-refractivity contribution in [2.45, 2.75) is 39.7 Å². The molecule has 1 unspecified atom stereocenters. The van der Waals surface area contributed by atoms with Crippen molar-refractivity contribution in [2.75, 3.05) is 6.54 Å². The van der Waals surface area contributed by atoms with E-state index in [1.54, 1.807) is 10.7 Å². The average molecular weight is 340 g/mol. The summed E-state index contributed by atoms with van der Waals surface area (Å²) >= 11 is 0. The lowest BCUT2D eigenvalue weighted by atomic mass is 9.77. The smallest absolute Gasteiger partial charge is 0.272 e. The molecule has 2 amide bonds. The lowest BCUT2D eigenvalue weighted by molar-refractivity contribution is -0.121. The van der Waals surface area contributed by atoms with Crippen molar-refractivity contribution in [1.29, 1.82) is 0 Å². The molecule has 0 saturated carbocycles. The Labute approximate surface area is 147 Å². The maximum Gasteiger partial charge on any atom is 0.272 e. The minimum atomic E-state index is -0.516.